The third-order valence-corrected chi connectivity index (χ3v) is 5.05. The number of ether oxygens (including phenoxy) is 1. The molecule has 158 valence electrons. The van der Waals surface area contributed by atoms with Gasteiger partial charge in [0, 0.05) is 27.6 Å². The number of hydrogen-bond acceptors (Lipinski definition) is 6. The van der Waals surface area contributed by atoms with Crippen LogP contribution < -0.4 is 10.8 Å². The summed E-state index contributed by atoms with van der Waals surface area (Å²) >= 11 is 6.53. The van der Waals surface area contributed by atoms with E-state index in [1.165, 1.54) is 23.7 Å². The molecule has 0 fully saturated rings. The smallest absolute Gasteiger partial charge is 0.414 e. The van der Waals surface area contributed by atoms with Crippen molar-refractivity contribution < 1.29 is 29.4 Å². The fourth-order valence-corrected chi connectivity index (χ4v) is 3.79. The zero-order chi connectivity index (χ0) is 22.3. The van der Waals surface area contributed by atoms with Gasteiger partial charge in [-0.15, -0.1) is 0 Å². The van der Waals surface area contributed by atoms with Crippen LogP contribution in [0.15, 0.2) is 63.6 Å². The predicted molar refractivity (Wildman–Crippen MR) is 115 cm³/mol. The minimum atomic E-state index is -1.06. The van der Waals surface area contributed by atoms with E-state index in [0.717, 1.165) is 6.08 Å². The average molecular weight is 542 g/mol. The van der Waals surface area contributed by atoms with Crippen LogP contribution in [-0.2, 0) is 9.53 Å². The molecule has 2 rings (SSSR count). The van der Waals surface area contributed by atoms with Crippen LogP contribution in [0.1, 0.15) is 28.9 Å². The van der Waals surface area contributed by atoms with Gasteiger partial charge in [0.05, 0.1) is 4.47 Å². The van der Waals surface area contributed by atoms with E-state index in [1.54, 1.807) is 37.3 Å². The van der Waals surface area contributed by atoms with Gasteiger partial charge in [0.2, 0.25) is 0 Å². The maximum Gasteiger partial charge on any atom is 0.414 e. The maximum absolute atomic E-state index is 12.4. The van der Waals surface area contributed by atoms with Crippen LogP contribution in [-0.4, -0.2) is 28.2 Å². The van der Waals surface area contributed by atoms with Crippen molar-refractivity contribution in [1.29, 1.82) is 0 Å². The van der Waals surface area contributed by atoms with Crippen LogP contribution in [0.2, 0.25) is 0 Å². The second-order valence-electron chi connectivity index (χ2n) is 6.17. The summed E-state index contributed by atoms with van der Waals surface area (Å²) in [7, 11) is 0. The Morgan fingerprint density at radius 1 is 1.13 bits per heavy atom. The molecule has 3 amide bonds. The number of hydroxylamine groups is 1. The number of aromatic hydroxyl groups is 1. The molecule has 4 N–H and O–H groups in total. The van der Waals surface area contributed by atoms with Crippen LogP contribution in [0.5, 0.6) is 5.75 Å². The molecule has 0 bridgehead atoms. The molecule has 0 aliphatic carbocycles. The van der Waals surface area contributed by atoms with Crippen LogP contribution in [0, 0.1) is 5.92 Å². The van der Waals surface area contributed by atoms with Gasteiger partial charge in [0.1, 0.15) is 11.9 Å². The molecule has 8 nitrogen and oxygen atoms in total. The highest BCUT2D eigenvalue weighted by molar-refractivity contribution is 9.11. The standard InChI is InChI=1S/C20H18Br2N2O6/c1-11(7-8-16(25)24-29)18(14-9-13(21)10-15(22)17(14)26)30-20(28)23-19(27)12-5-3-2-4-6-12/h2-11,18,26,29H,1H3,(H,24,25)(H,23,27,28)/b8-7+/t11-,18+/m0/s1. The first-order valence-electron chi connectivity index (χ1n) is 8.60. The minimum Gasteiger partial charge on any atom is -0.506 e. The lowest BCUT2D eigenvalue weighted by molar-refractivity contribution is -0.124. The molecule has 0 spiro atoms. The van der Waals surface area contributed by atoms with Gasteiger partial charge in [-0.25, -0.2) is 10.3 Å². The third kappa shape index (κ3) is 6.41. The Morgan fingerprint density at radius 3 is 2.43 bits per heavy atom. The summed E-state index contributed by atoms with van der Waals surface area (Å²) in [5.74, 6) is -2.21. The van der Waals surface area contributed by atoms with E-state index in [1.807, 2.05) is 0 Å². The van der Waals surface area contributed by atoms with E-state index < -0.39 is 29.9 Å². The quantitative estimate of drug-likeness (QED) is 0.246. The van der Waals surface area contributed by atoms with Gasteiger partial charge in [0.25, 0.3) is 11.8 Å². The van der Waals surface area contributed by atoms with Crippen LogP contribution >= 0.6 is 31.9 Å². The molecule has 2 aromatic carbocycles. The van der Waals surface area contributed by atoms with Gasteiger partial charge in [0.15, 0.2) is 0 Å². The second kappa shape index (κ2) is 10.9. The molecule has 0 unspecified atom stereocenters. The number of halogens is 2. The van der Waals surface area contributed by atoms with E-state index in [0.29, 0.717) is 8.95 Å². The van der Waals surface area contributed by atoms with E-state index in [-0.39, 0.29) is 16.9 Å². The second-order valence-corrected chi connectivity index (χ2v) is 7.94. The molecule has 2 atom stereocenters. The minimum absolute atomic E-state index is 0.169. The van der Waals surface area contributed by atoms with E-state index in [2.05, 4.69) is 37.2 Å². The molecule has 2 aromatic rings. The molecule has 0 heterocycles. The van der Waals surface area contributed by atoms with Crippen molar-refractivity contribution in [3.05, 3.63) is 74.7 Å². The summed E-state index contributed by atoms with van der Waals surface area (Å²) in [5, 5.41) is 21.2. The number of phenols is 1. The van der Waals surface area contributed by atoms with E-state index >= 15 is 0 Å². The average Bonchev–Trinajstić information content (AvgIpc) is 2.73. The van der Waals surface area contributed by atoms with Crippen molar-refractivity contribution in [1.82, 2.24) is 10.8 Å². The first-order valence-corrected chi connectivity index (χ1v) is 10.2. The van der Waals surface area contributed by atoms with Gasteiger partial charge < -0.3 is 9.84 Å². The number of hydrogen-bond donors (Lipinski definition) is 4. The number of nitrogens with one attached hydrogen (secondary N) is 2. The molecular weight excluding hydrogens is 524 g/mol. The first-order chi connectivity index (χ1) is 14.2. The zero-order valence-electron chi connectivity index (χ0n) is 15.6. The van der Waals surface area contributed by atoms with E-state index in [9.17, 15) is 19.5 Å². The number of imide groups is 1. The highest BCUT2D eigenvalue weighted by Crippen LogP contribution is 2.39. The summed E-state index contributed by atoms with van der Waals surface area (Å²) in [5.41, 5.74) is 1.97. The van der Waals surface area contributed by atoms with Crippen LogP contribution in [0.25, 0.3) is 0 Å². The fourth-order valence-electron chi connectivity index (χ4n) is 2.53. The number of carbonyl (C=O) groups is 3. The highest BCUT2D eigenvalue weighted by Gasteiger charge is 2.27. The molecule has 0 saturated carbocycles. The molecule has 0 aliphatic rings. The Labute approximate surface area is 189 Å². The van der Waals surface area contributed by atoms with Gasteiger partial charge in [-0.2, -0.15) is 0 Å². The number of alkyl carbamates (subject to hydrolysis) is 1. The summed E-state index contributed by atoms with van der Waals surface area (Å²) in [4.78, 5) is 35.9. The molecule has 30 heavy (non-hydrogen) atoms. The Hall–Kier alpha value is -2.69. The van der Waals surface area contributed by atoms with Gasteiger partial charge >= 0.3 is 6.09 Å². The number of benzene rings is 2. The molecule has 10 heteroatoms. The van der Waals surface area contributed by atoms with Crippen molar-refractivity contribution in [2.45, 2.75) is 13.0 Å². The predicted octanol–water partition coefficient (Wildman–Crippen LogP) is 4.22. The highest BCUT2D eigenvalue weighted by atomic mass is 79.9. The van der Waals surface area contributed by atoms with Gasteiger partial charge in [-0.1, -0.05) is 47.1 Å². The lowest BCUT2D eigenvalue weighted by atomic mass is 9.96. The van der Waals surface area contributed by atoms with Crippen molar-refractivity contribution >= 4 is 49.8 Å². The first kappa shape index (κ1) is 23.6. The number of phenolic OH excluding ortho intramolecular Hbond substituents is 1. The molecule has 0 saturated heterocycles. The SMILES string of the molecule is C[C@@H](/C=C/C(=O)NO)[C@@H](OC(=O)NC(=O)c1ccccc1)c1cc(Br)cc(Br)c1O. The summed E-state index contributed by atoms with van der Waals surface area (Å²) < 4.78 is 6.38. The molecule has 0 aliphatic heterocycles. The fraction of sp³-hybridized carbons (Fsp3) is 0.150. The monoisotopic (exact) mass is 540 g/mol. The largest absolute Gasteiger partial charge is 0.506 e. The summed E-state index contributed by atoms with van der Waals surface area (Å²) in [6.45, 7) is 1.63. The summed E-state index contributed by atoms with van der Waals surface area (Å²) in [6, 6.07) is 11.3. The van der Waals surface area contributed by atoms with Crippen molar-refractivity contribution in [3.8, 4) is 5.75 Å². The van der Waals surface area contributed by atoms with Crippen molar-refractivity contribution in [2.24, 2.45) is 5.92 Å². The summed E-state index contributed by atoms with van der Waals surface area (Å²) in [6.07, 6.45) is 0.343. The number of carbonyl (C=O) groups excluding carboxylic acids is 3. The Kier molecular flexibility index (Phi) is 8.58. The van der Waals surface area contributed by atoms with E-state index in [4.69, 9.17) is 9.94 Å². The Bertz CT molecular complexity index is 965. The molecule has 0 aromatic heterocycles. The number of amides is 3. The normalized spacial score (nSPS) is 12.8. The Morgan fingerprint density at radius 2 is 1.80 bits per heavy atom. The topological polar surface area (TPSA) is 125 Å². The zero-order valence-corrected chi connectivity index (χ0v) is 18.8. The van der Waals surface area contributed by atoms with Crippen molar-refractivity contribution in [2.75, 3.05) is 0 Å². The number of rotatable bonds is 6. The lowest BCUT2D eigenvalue weighted by Crippen LogP contribution is -2.33. The lowest BCUT2D eigenvalue weighted by Gasteiger charge is -2.24. The van der Waals surface area contributed by atoms with Crippen LogP contribution in [0.3, 0.4) is 0 Å². The van der Waals surface area contributed by atoms with Crippen LogP contribution in [0.4, 0.5) is 4.79 Å². The Balaban J connectivity index is 2.29. The maximum atomic E-state index is 12.4. The van der Waals surface area contributed by atoms with Crippen molar-refractivity contribution in [3.63, 3.8) is 0 Å². The van der Waals surface area contributed by atoms with Gasteiger partial charge in [-0.05, 0) is 40.2 Å². The third-order valence-electron chi connectivity index (χ3n) is 3.99. The molecule has 0 radical (unpaired) electrons. The molecular formula is C20H18Br2N2O6. The van der Waals surface area contributed by atoms with Gasteiger partial charge in [-0.3, -0.25) is 20.1 Å².